The molecule has 0 aromatic heterocycles. The summed E-state index contributed by atoms with van der Waals surface area (Å²) in [5, 5.41) is 0. The average molecular weight is 1030 g/mol. The molecule has 6 nitrogen and oxygen atoms in total. The number of ether oxygens (including phenoxy) is 3. The minimum Gasteiger partial charge on any atom is -0.462 e. The first kappa shape index (κ1) is 70.1. The summed E-state index contributed by atoms with van der Waals surface area (Å²) in [6.45, 7) is 6.48. The second-order valence-electron chi connectivity index (χ2n) is 20.2. The van der Waals surface area contributed by atoms with E-state index in [0.717, 1.165) is 135 Å². The maximum Gasteiger partial charge on any atom is 0.306 e. The van der Waals surface area contributed by atoms with Gasteiger partial charge in [0, 0.05) is 19.3 Å². The van der Waals surface area contributed by atoms with Crippen LogP contribution >= 0.6 is 0 Å². The molecule has 0 aliphatic carbocycles. The van der Waals surface area contributed by atoms with Gasteiger partial charge in [-0.05, 0) is 128 Å². The van der Waals surface area contributed by atoms with Crippen LogP contribution in [0.15, 0.2) is 109 Å². The molecule has 0 bridgehead atoms. The monoisotopic (exact) mass is 1030 g/mol. The van der Waals surface area contributed by atoms with E-state index in [1.807, 2.05) is 0 Å². The van der Waals surface area contributed by atoms with Gasteiger partial charge in [0.15, 0.2) is 6.10 Å². The molecule has 0 amide bonds. The van der Waals surface area contributed by atoms with E-state index in [0.29, 0.717) is 12.8 Å². The van der Waals surface area contributed by atoms with E-state index in [9.17, 15) is 14.4 Å². The van der Waals surface area contributed by atoms with Crippen molar-refractivity contribution in [1.82, 2.24) is 0 Å². The first-order valence-electron chi connectivity index (χ1n) is 30.9. The SMILES string of the molecule is CC/C=C\C/C=C\C/C=C\C/C=C\C/C=C\CCCCCC(=O)OC(COC(=O)CCCCCCC/C=C\CCCCCCCCC)COC(=O)CCCCCCCC/C=C\C/C=C\C/C=C\CCCCCCC. The van der Waals surface area contributed by atoms with Crippen LogP contribution in [0.3, 0.4) is 0 Å². The summed E-state index contributed by atoms with van der Waals surface area (Å²) in [4.78, 5) is 38.3. The first-order chi connectivity index (χ1) is 36.5. The van der Waals surface area contributed by atoms with Gasteiger partial charge in [0.1, 0.15) is 13.2 Å². The lowest BCUT2D eigenvalue weighted by molar-refractivity contribution is -0.167. The van der Waals surface area contributed by atoms with Crippen molar-refractivity contribution >= 4 is 17.9 Å². The molecule has 6 heteroatoms. The Kier molecular flexibility index (Phi) is 58.3. The molecule has 0 saturated heterocycles. The summed E-state index contributed by atoms with van der Waals surface area (Å²) in [6, 6.07) is 0. The number of unbranched alkanes of at least 4 members (excludes halogenated alkanes) is 26. The van der Waals surface area contributed by atoms with Gasteiger partial charge >= 0.3 is 17.9 Å². The molecular weight excluding hydrogens is 913 g/mol. The molecule has 422 valence electrons. The van der Waals surface area contributed by atoms with Crippen LogP contribution in [0.1, 0.15) is 284 Å². The van der Waals surface area contributed by atoms with Crippen LogP contribution < -0.4 is 0 Å². The Hall–Kier alpha value is -3.93. The predicted octanol–water partition coefficient (Wildman–Crippen LogP) is 21.0. The quantitative estimate of drug-likeness (QED) is 0.0261. The van der Waals surface area contributed by atoms with Gasteiger partial charge in [0.2, 0.25) is 0 Å². The lowest BCUT2D eigenvalue weighted by Gasteiger charge is -2.18. The fraction of sp³-hybridized carbons (Fsp3) is 0.691. The number of carbonyl (C=O) groups is 3. The smallest absolute Gasteiger partial charge is 0.306 e. The van der Waals surface area contributed by atoms with Crippen LogP contribution in [0.25, 0.3) is 0 Å². The third kappa shape index (κ3) is 59.0. The van der Waals surface area contributed by atoms with Gasteiger partial charge in [-0.2, -0.15) is 0 Å². The van der Waals surface area contributed by atoms with Gasteiger partial charge in [-0.25, -0.2) is 0 Å². The number of hydrogen-bond donors (Lipinski definition) is 0. The summed E-state index contributed by atoms with van der Waals surface area (Å²) in [6.07, 6.45) is 83.7. The molecule has 0 N–H and O–H groups in total. The van der Waals surface area contributed by atoms with Crippen molar-refractivity contribution in [2.45, 2.75) is 290 Å². The zero-order valence-corrected chi connectivity index (χ0v) is 48.3. The number of allylic oxidation sites excluding steroid dienone is 18. The molecule has 0 aromatic rings. The van der Waals surface area contributed by atoms with E-state index >= 15 is 0 Å². The third-order valence-corrected chi connectivity index (χ3v) is 13.0. The molecule has 0 saturated carbocycles. The highest BCUT2D eigenvalue weighted by Crippen LogP contribution is 2.14. The van der Waals surface area contributed by atoms with E-state index < -0.39 is 6.10 Å². The van der Waals surface area contributed by atoms with Crippen LogP contribution in [-0.2, 0) is 28.6 Å². The molecule has 0 heterocycles. The van der Waals surface area contributed by atoms with E-state index in [1.54, 1.807) is 0 Å². The van der Waals surface area contributed by atoms with Gasteiger partial charge in [-0.1, -0.05) is 246 Å². The van der Waals surface area contributed by atoms with Crippen LogP contribution in [-0.4, -0.2) is 37.2 Å². The minimum atomic E-state index is -0.808. The second kappa shape index (κ2) is 61.6. The third-order valence-electron chi connectivity index (χ3n) is 13.0. The maximum absolute atomic E-state index is 12.9. The highest BCUT2D eigenvalue weighted by molar-refractivity contribution is 5.71. The molecule has 0 spiro atoms. The number of carbonyl (C=O) groups excluding carboxylic acids is 3. The lowest BCUT2D eigenvalue weighted by atomic mass is 10.1. The summed E-state index contributed by atoms with van der Waals surface area (Å²) in [7, 11) is 0. The van der Waals surface area contributed by atoms with E-state index in [1.165, 1.54) is 109 Å². The van der Waals surface area contributed by atoms with Gasteiger partial charge in [-0.15, -0.1) is 0 Å². The molecule has 0 radical (unpaired) electrons. The number of hydrogen-bond acceptors (Lipinski definition) is 6. The Morgan fingerprint density at radius 3 is 0.851 bits per heavy atom. The van der Waals surface area contributed by atoms with Crippen molar-refractivity contribution in [3.8, 4) is 0 Å². The van der Waals surface area contributed by atoms with Crippen molar-refractivity contribution in [1.29, 1.82) is 0 Å². The Bertz CT molecular complexity index is 1510. The van der Waals surface area contributed by atoms with E-state index in [2.05, 4.69) is 130 Å². The maximum atomic E-state index is 12.9. The number of rotatable bonds is 55. The van der Waals surface area contributed by atoms with Crippen LogP contribution in [0.2, 0.25) is 0 Å². The summed E-state index contributed by atoms with van der Waals surface area (Å²) < 4.78 is 16.9. The minimum absolute atomic E-state index is 0.101. The zero-order chi connectivity index (χ0) is 53.6. The lowest BCUT2D eigenvalue weighted by Crippen LogP contribution is -2.30. The van der Waals surface area contributed by atoms with Crippen molar-refractivity contribution in [3.63, 3.8) is 0 Å². The van der Waals surface area contributed by atoms with E-state index in [-0.39, 0.29) is 37.5 Å². The van der Waals surface area contributed by atoms with Crippen LogP contribution in [0.5, 0.6) is 0 Å². The fourth-order valence-electron chi connectivity index (χ4n) is 8.35. The molecule has 1 unspecified atom stereocenters. The normalized spacial score (nSPS) is 12.9. The van der Waals surface area contributed by atoms with Crippen LogP contribution in [0, 0.1) is 0 Å². The largest absolute Gasteiger partial charge is 0.462 e. The summed E-state index contributed by atoms with van der Waals surface area (Å²) in [5.41, 5.74) is 0. The van der Waals surface area contributed by atoms with Gasteiger partial charge in [0.05, 0.1) is 0 Å². The molecule has 0 rings (SSSR count). The molecule has 0 fully saturated rings. The summed E-state index contributed by atoms with van der Waals surface area (Å²) >= 11 is 0. The zero-order valence-electron chi connectivity index (χ0n) is 48.3. The number of esters is 3. The molecule has 0 aliphatic rings. The van der Waals surface area contributed by atoms with Gasteiger partial charge in [-0.3, -0.25) is 14.4 Å². The molecule has 1 atom stereocenters. The molecule has 0 aliphatic heterocycles. The Balaban J connectivity index is 4.49. The van der Waals surface area contributed by atoms with Crippen molar-refractivity contribution in [2.75, 3.05) is 13.2 Å². The second-order valence-corrected chi connectivity index (χ2v) is 20.2. The van der Waals surface area contributed by atoms with Gasteiger partial charge < -0.3 is 14.2 Å². The average Bonchev–Trinajstić information content (AvgIpc) is 3.40. The predicted molar refractivity (Wildman–Crippen MR) is 320 cm³/mol. The molecular formula is C68H114O6. The Labute approximate surface area is 457 Å². The van der Waals surface area contributed by atoms with Crippen LogP contribution in [0.4, 0.5) is 0 Å². The van der Waals surface area contributed by atoms with E-state index in [4.69, 9.17) is 14.2 Å². The standard InChI is InChI=1S/C68H114O6/c1-4-7-10-13-16-19-22-25-28-31-33-34-36-37-40-43-46-49-52-55-58-61-67(70)73-64-65(63-72-66(69)60-57-54-51-48-45-42-39-30-27-24-21-18-15-12-9-6-3)74-68(71)62-59-56-53-50-47-44-41-38-35-32-29-26-23-20-17-14-11-8-5-2/h8,11,17,20,22,25-26,29-31,33,35-39,44,47,65H,4-7,9-10,12-16,18-19,21,23-24,27-28,32,34,40-43,45-46,48-64H2,1-3H3/b11-8-,20-17-,25-22-,29-26-,33-31-,37-36-,38-35-,39-30-,47-44-. The molecule has 74 heavy (non-hydrogen) atoms. The van der Waals surface area contributed by atoms with Crippen molar-refractivity contribution in [2.24, 2.45) is 0 Å². The fourth-order valence-corrected chi connectivity index (χ4v) is 8.35. The highest BCUT2D eigenvalue weighted by atomic mass is 16.6. The topological polar surface area (TPSA) is 78.9 Å². The molecule has 0 aromatic carbocycles. The van der Waals surface area contributed by atoms with Crippen molar-refractivity contribution in [3.05, 3.63) is 109 Å². The van der Waals surface area contributed by atoms with Crippen molar-refractivity contribution < 1.29 is 28.6 Å². The Morgan fingerprint density at radius 2 is 0.527 bits per heavy atom. The summed E-state index contributed by atoms with van der Waals surface area (Å²) in [5.74, 6) is -0.950. The Morgan fingerprint density at radius 1 is 0.284 bits per heavy atom. The first-order valence-corrected chi connectivity index (χ1v) is 30.9. The highest BCUT2D eigenvalue weighted by Gasteiger charge is 2.19. The van der Waals surface area contributed by atoms with Gasteiger partial charge in [0.25, 0.3) is 0 Å².